The zero-order valence-corrected chi connectivity index (χ0v) is 15.7. The molecule has 0 bridgehead atoms. The largest absolute Gasteiger partial charge is 0.341 e. The summed E-state index contributed by atoms with van der Waals surface area (Å²) in [5.74, 6) is 0.677. The lowest BCUT2D eigenvalue weighted by atomic mass is 10.1. The second-order valence-corrected chi connectivity index (χ2v) is 8.30. The Labute approximate surface area is 149 Å². The van der Waals surface area contributed by atoms with Crippen LogP contribution in [0.25, 0.3) is 0 Å². The molecule has 0 amide bonds. The van der Waals surface area contributed by atoms with Crippen molar-refractivity contribution in [2.75, 3.05) is 18.0 Å². The van der Waals surface area contributed by atoms with E-state index in [1.807, 2.05) is 26.8 Å². The smallest absolute Gasteiger partial charge is 0.241 e. The summed E-state index contributed by atoms with van der Waals surface area (Å²) in [6.07, 6.45) is 3.98. The van der Waals surface area contributed by atoms with Crippen LogP contribution in [0.3, 0.4) is 0 Å². The van der Waals surface area contributed by atoms with Gasteiger partial charge in [-0.05, 0) is 62.4 Å². The molecular weight excluding hydrogens is 336 g/mol. The molecule has 0 atom stereocenters. The van der Waals surface area contributed by atoms with Crippen molar-refractivity contribution < 1.29 is 8.42 Å². The van der Waals surface area contributed by atoms with E-state index < -0.39 is 10.0 Å². The van der Waals surface area contributed by atoms with E-state index in [1.165, 1.54) is 0 Å². The van der Waals surface area contributed by atoms with Crippen LogP contribution in [-0.4, -0.2) is 31.5 Å². The molecule has 1 N–H and O–H groups in total. The van der Waals surface area contributed by atoms with E-state index in [0.29, 0.717) is 16.5 Å². The number of nitrogens with zero attached hydrogens (tertiary/aromatic N) is 3. The molecule has 3 rings (SSSR count). The Morgan fingerprint density at radius 2 is 1.76 bits per heavy atom. The average molecular weight is 360 g/mol. The fourth-order valence-corrected chi connectivity index (χ4v) is 4.33. The van der Waals surface area contributed by atoms with E-state index in [9.17, 15) is 8.42 Å². The van der Waals surface area contributed by atoms with E-state index in [-0.39, 0.29) is 6.54 Å². The zero-order valence-electron chi connectivity index (χ0n) is 14.9. The van der Waals surface area contributed by atoms with Crippen molar-refractivity contribution in [3.05, 3.63) is 46.8 Å². The zero-order chi connectivity index (χ0) is 18.0. The normalized spacial score (nSPS) is 14.9. The molecule has 1 saturated heterocycles. The summed E-state index contributed by atoms with van der Waals surface area (Å²) in [5.41, 5.74) is 3.46. The van der Waals surface area contributed by atoms with Crippen LogP contribution in [0.1, 0.15) is 35.2 Å². The van der Waals surface area contributed by atoms with Gasteiger partial charge < -0.3 is 4.90 Å². The van der Waals surface area contributed by atoms with Crippen molar-refractivity contribution in [1.82, 2.24) is 14.7 Å². The number of aromatic nitrogens is 2. The summed E-state index contributed by atoms with van der Waals surface area (Å²) < 4.78 is 28.0. The monoisotopic (exact) mass is 360 g/mol. The number of hydrogen-bond donors (Lipinski definition) is 1. The van der Waals surface area contributed by atoms with Crippen molar-refractivity contribution in [2.24, 2.45) is 0 Å². The van der Waals surface area contributed by atoms with E-state index in [1.54, 1.807) is 18.3 Å². The van der Waals surface area contributed by atoms with Crippen LogP contribution in [0.4, 0.5) is 5.95 Å². The van der Waals surface area contributed by atoms with Gasteiger partial charge in [-0.25, -0.2) is 23.1 Å². The topological polar surface area (TPSA) is 75.2 Å². The van der Waals surface area contributed by atoms with Gasteiger partial charge >= 0.3 is 0 Å². The van der Waals surface area contributed by atoms with Crippen LogP contribution in [0.5, 0.6) is 0 Å². The quantitative estimate of drug-likeness (QED) is 0.887. The molecular formula is C18H24N4O2S. The van der Waals surface area contributed by atoms with Crippen molar-refractivity contribution in [2.45, 2.75) is 45.1 Å². The first-order chi connectivity index (χ1) is 11.9. The lowest BCUT2D eigenvalue weighted by Crippen LogP contribution is -2.26. The molecule has 1 aliphatic rings. The molecule has 1 aromatic heterocycles. The Morgan fingerprint density at radius 1 is 1.08 bits per heavy atom. The fourth-order valence-electron chi connectivity index (χ4n) is 3.02. The van der Waals surface area contributed by atoms with Crippen molar-refractivity contribution >= 4 is 16.0 Å². The van der Waals surface area contributed by atoms with Gasteiger partial charge in [-0.3, -0.25) is 0 Å². The van der Waals surface area contributed by atoms with Gasteiger partial charge in [0, 0.05) is 19.3 Å². The minimum Gasteiger partial charge on any atom is -0.341 e. The first-order valence-corrected chi connectivity index (χ1v) is 9.99. The molecule has 0 radical (unpaired) electrons. The van der Waals surface area contributed by atoms with Crippen molar-refractivity contribution in [3.63, 3.8) is 0 Å². The van der Waals surface area contributed by atoms with Crippen LogP contribution in [0, 0.1) is 20.8 Å². The molecule has 134 valence electrons. The summed E-state index contributed by atoms with van der Waals surface area (Å²) in [7, 11) is -3.58. The maximum atomic E-state index is 12.7. The van der Waals surface area contributed by atoms with Crippen molar-refractivity contribution in [3.8, 4) is 0 Å². The summed E-state index contributed by atoms with van der Waals surface area (Å²) >= 11 is 0. The lowest BCUT2D eigenvalue weighted by molar-refractivity contribution is 0.579. The lowest BCUT2D eigenvalue weighted by Gasteiger charge is -2.16. The third kappa shape index (κ3) is 3.99. The van der Waals surface area contributed by atoms with Gasteiger partial charge in [0.1, 0.15) is 0 Å². The molecule has 2 aromatic rings. The second kappa shape index (κ2) is 7.09. The van der Waals surface area contributed by atoms with Gasteiger partial charge in [-0.15, -0.1) is 0 Å². The SMILES string of the molecule is Cc1cc(C)c(S(=O)(=O)NCc2ccnc(N3CCCC3)n2)cc1C. The molecule has 0 aliphatic carbocycles. The number of benzene rings is 1. The first kappa shape index (κ1) is 17.8. The number of nitrogens with one attached hydrogen (secondary N) is 1. The van der Waals surface area contributed by atoms with Crippen molar-refractivity contribution in [1.29, 1.82) is 0 Å². The maximum absolute atomic E-state index is 12.7. The van der Waals surface area contributed by atoms with Gasteiger partial charge in [0.15, 0.2) is 0 Å². The number of anilines is 1. The molecule has 25 heavy (non-hydrogen) atoms. The molecule has 1 aromatic carbocycles. The van der Waals surface area contributed by atoms with Crippen LogP contribution >= 0.6 is 0 Å². The summed E-state index contributed by atoms with van der Waals surface area (Å²) in [6, 6.07) is 5.37. The molecule has 6 nitrogen and oxygen atoms in total. The van der Waals surface area contributed by atoms with E-state index in [2.05, 4.69) is 19.6 Å². The predicted molar refractivity (Wildman–Crippen MR) is 98.2 cm³/mol. The molecule has 0 saturated carbocycles. The maximum Gasteiger partial charge on any atom is 0.241 e. The summed E-state index contributed by atoms with van der Waals surface area (Å²) in [5, 5.41) is 0. The Hall–Kier alpha value is -1.99. The fraction of sp³-hybridized carbons (Fsp3) is 0.444. The predicted octanol–water partition coefficient (Wildman–Crippen LogP) is 2.48. The van der Waals surface area contributed by atoms with Crippen LogP contribution < -0.4 is 9.62 Å². The third-order valence-electron chi connectivity index (χ3n) is 4.61. The van der Waals surface area contributed by atoms with Crippen LogP contribution in [-0.2, 0) is 16.6 Å². The molecule has 1 fully saturated rings. The van der Waals surface area contributed by atoms with Gasteiger partial charge in [-0.2, -0.15) is 0 Å². The van der Waals surface area contributed by atoms with E-state index >= 15 is 0 Å². The van der Waals surface area contributed by atoms with Gasteiger partial charge in [0.25, 0.3) is 0 Å². The molecule has 0 unspecified atom stereocenters. The van der Waals surface area contributed by atoms with E-state index in [0.717, 1.165) is 42.6 Å². The Bertz CT molecular complexity index is 875. The number of aryl methyl sites for hydroxylation is 3. The third-order valence-corrected chi connectivity index (χ3v) is 6.16. The molecule has 7 heteroatoms. The van der Waals surface area contributed by atoms with Gasteiger partial charge in [0.05, 0.1) is 17.1 Å². The highest BCUT2D eigenvalue weighted by Gasteiger charge is 2.19. The van der Waals surface area contributed by atoms with Crippen LogP contribution in [0.15, 0.2) is 29.3 Å². The van der Waals surface area contributed by atoms with Gasteiger partial charge in [-0.1, -0.05) is 6.07 Å². The Balaban J connectivity index is 1.76. The Kier molecular flexibility index (Phi) is 5.06. The van der Waals surface area contributed by atoms with Crippen LogP contribution in [0.2, 0.25) is 0 Å². The average Bonchev–Trinajstić information content (AvgIpc) is 3.11. The molecule has 2 heterocycles. The summed E-state index contributed by atoms with van der Waals surface area (Å²) in [4.78, 5) is 11.2. The van der Waals surface area contributed by atoms with E-state index in [4.69, 9.17) is 0 Å². The standard InChI is InChI=1S/C18H24N4O2S/c1-13-10-15(3)17(11-14(13)2)25(23,24)20-12-16-6-7-19-18(21-16)22-8-4-5-9-22/h6-7,10-11,20H,4-5,8-9,12H2,1-3H3. The summed E-state index contributed by atoms with van der Waals surface area (Å²) in [6.45, 7) is 7.77. The first-order valence-electron chi connectivity index (χ1n) is 8.51. The minimum atomic E-state index is -3.58. The highest BCUT2D eigenvalue weighted by atomic mass is 32.2. The number of sulfonamides is 1. The Morgan fingerprint density at radius 3 is 2.48 bits per heavy atom. The highest BCUT2D eigenvalue weighted by molar-refractivity contribution is 7.89. The van der Waals surface area contributed by atoms with Gasteiger partial charge in [0.2, 0.25) is 16.0 Å². The number of rotatable bonds is 5. The minimum absolute atomic E-state index is 0.151. The second-order valence-electron chi connectivity index (χ2n) is 6.57. The number of hydrogen-bond acceptors (Lipinski definition) is 5. The molecule has 1 aliphatic heterocycles. The molecule has 0 spiro atoms. The highest BCUT2D eigenvalue weighted by Crippen LogP contribution is 2.20.